The SMILES string of the molecule is COc1ccc(C)cc1-c1ccc(C#N)cn1. The van der Waals surface area contributed by atoms with Gasteiger partial charge in [-0.25, -0.2) is 0 Å². The fourth-order valence-electron chi connectivity index (χ4n) is 1.64. The van der Waals surface area contributed by atoms with E-state index in [4.69, 9.17) is 10.00 Å². The third-order valence-electron chi connectivity index (χ3n) is 2.52. The van der Waals surface area contributed by atoms with E-state index in [1.54, 1.807) is 19.4 Å². The van der Waals surface area contributed by atoms with E-state index in [1.807, 2.05) is 31.2 Å². The summed E-state index contributed by atoms with van der Waals surface area (Å²) in [5.74, 6) is 0.785. The number of methoxy groups -OCH3 is 1. The molecule has 0 fully saturated rings. The second kappa shape index (κ2) is 4.67. The molecule has 84 valence electrons. The van der Waals surface area contributed by atoms with Crippen molar-refractivity contribution >= 4 is 0 Å². The molecule has 0 aliphatic carbocycles. The van der Waals surface area contributed by atoms with Crippen LogP contribution in [0.4, 0.5) is 0 Å². The molecule has 3 heteroatoms. The minimum absolute atomic E-state index is 0.556. The molecule has 17 heavy (non-hydrogen) atoms. The minimum Gasteiger partial charge on any atom is -0.496 e. The quantitative estimate of drug-likeness (QED) is 0.787. The lowest BCUT2D eigenvalue weighted by Crippen LogP contribution is -1.91. The fourth-order valence-corrected chi connectivity index (χ4v) is 1.64. The zero-order chi connectivity index (χ0) is 12.3. The summed E-state index contributed by atoms with van der Waals surface area (Å²) in [4.78, 5) is 4.27. The largest absolute Gasteiger partial charge is 0.496 e. The predicted octanol–water partition coefficient (Wildman–Crippen LogP) is 2.94. The Kier molecular flexibility index (Phi) is 3.06. The molecule has 0 aliphatic heterocycles. The van der Waals surface area contributed by atoms with Gasteiger partial charge in [-0.2, -0.15) is 5.26 Å². The number of aromatic nitrogens is 1. The van der Waals surface area contributed by atoms with Gasteiger partial charge in [-0.1, -0.05) is 11.6 Å². The van der Waals surface area contributed by atoms with E-state index >= 15 is 0 Å². The summed E-state index contributed by atoms with van der Waals surface area (Å²) in [5, 5.41) is 8.73. The highest BCUT2D eigenvalue weighted by Gasteiger charge is 2.07. The van der Waals surface area contributed by atoms with Crippen LogP contribution in [0.25, 0.3) is 11.3 Å². The molecule has 1 heterocycles. The Bertz CT molecular complexity index is 568. The molecule has 0 unspecified atom stereocenters. The molecule has 0 saturated heterocycles. The Balaban J connectivity index is 2.51. The number of rotatable bonds is 2. The van der Waals surface area contributed by atoms with Crippen molar-refractivity contribution in [3.63, 3.8) is 0 Å². The van der Waals surface area contributed by atoms with E-state index in [-0.39, 0.29) is 0 Å². The Labute approximate surface area is 100 Å². The van der Waals surface area contributed by atoms with E-state index in [0.717, 1.165) is 22.6 Å². The summed E-state index contributed by atoms with van der Waals surface area (Å²) in [6.07, 6.45) is 1.57. The lowest BCUT2D eigenvalue weighted by molar-refractivity contribution is 0.416. The van der Waals surface area contributed by atoms with Gasteiger partial charge in [0.1, 0.15) is 11.8 Å². The van der Waals surface area contributed by atoms with Gasteiger partial charge >= 0.3 is 0 Å². The van der Waals surface area contributed by atoms with Crippen LogP contribution < -0.4 is 4.74 Å². The molecule has 0 N–H and O–H groups in total. The summed E-state index contributed by atoms with van der Waals surface area (Å²) in [7, 11) is 1.64. The zero-order valence-electron chi connectivity index (χ0n) is 9.77. The highest BCUT2D eigenvalue weighted by Crippen LogP contribution is 2.29. The number of pyridine rings is 1. The maximum Gasteiger partial charge on any atom is 0.128 e. The number of hydrogen-bond donors (Lipinski definition) is 0. The number of hydrogen-bond acceptors (Lipinski definition) is 3. The van der Waals surface area contributed by atoms with Crippen molar-refractivity contribution in [2.45, 2.75) is 6.92 Å². The van der Waals surface area contributed by atoms with Gasteiger partial charge in [0.15, 0.2) is 0 Å². The van der Waals surface area contributed by atoms with Crippen molar-refractivity contribution < 1.29 is 4.74 Å². The maximum atomic E-state index is 8.73. The molecule has 0 bridgehead atoms. The molecule has 3 nitrogen and oxygen atoms in total. The average Bonchev–Trinajstić information content (AvgIpc) is 2.39. The summed E-state index contributed by atoms with van der Waals surface area (Å²) in [5.41, 5.74) is 3.45. The Hall–Kier alpha value is -2.34. The first kappa shape index (κ1) is 11.2. The maximum absolute atomic E-state index is 8.73. The van der Waals surface area contributed by atoms with Crippen molar-refractivity contribution in [1.82, 2.24) is 4.98 Å². The standard InChI is InChI=1S/C14H12N2O/c1-10-3-6-14(17-2)12(7-10)13-5-4-11(8-15)9-16-13/h3-7,9H,1-2H3. The number of nitriles is 1. The van der Waals surface area contributed by atoms with E-state index in [1.165, 1.54) is 0 Å². The molecule has 2 rings (SSSR count). The lowest BCUT2D eigenvalue weighted by Gasteiger charge is -2.08. The number of ether oxygens (including phenoxy) is 1. The average molecular weight is 224 g/mol. The predicted molar refractivity (Wildman–Crippen MR) is 65.7 cm³/mol. The molecule has 1 aromatic carbocycles. The third kappa shape index (κ3) is 2.26. The first-order valence-corrected chi connectivity index (χ1v) is 5.26. The number of aryl methyl sites for hydroxylation is 1. The van der Waals surface area contributed by atoms with Crippen LogP contribution in [0, 0.1) is 18.3 Å². The first-order chi connectivity index (χ1) is 8.24. The van der Waals surface area contributed by atoms with Gasteiger partial charge in [0.25, 0.3) is 0 Å². The summed E-state index contributed by atoms with van der Waals surface area (Å²) in [6, 6.07) is 11.6. The van der Waals surface area contributed by atoms with Crippen molar-refractivity contribution in [3.05, 3.63) is 47.7 Å². The topological polar surface area (TPSA) is 45.9 Å². The molecule has 1 aromatic heterocycles. The highest BCUT2D eigenvalue weighted by atomic mass is 16.5. The van der Waals surface area contributed by atoms with Gasteiger partial charge in [-0.15, -0.1) is 0 Å². The van der Waals surface area contributed by atoms with Gasteiger partial charge < -0.3 is 4.74 Å². The minimum atomic E-state index is 0.556. The molecule has 2 aromatic rings. The van der Waals surface area contributed by atoms with Gasteiger partial charge in [0, 0.05) is 11.8 Å². The Morgan fingerprint density at radius 3 is 2.65 bits per heavy atom. The monoisotopic (exact) mass is 224 g/mol. The van der Waals surface area contributed by atoms with Crippen molar-refractivity contribution in [3.8, 4) is 23.1 Å². The molecule has 0 aliphatic rings. The number of benzene rings is 1. The van der Waals surface area contributed by atoms with E-state index in [9.17, 15) is 0 Å². The van der Waals surface area contributed by atoms with Crippen LogP contribution >= 0.6 is 0 Å². The van der Waals surface area contributed by atoms with Crippen LogP contribution in [0.3, 0.4) is 0 Å². The zero-order valence-corrected chi connectivity index (χ0v) is 9.77. The fraction of sp³-hybridized carbons (Fsp3) is 0.143. The van der Waals surface area contributed by atoms with Crippen LogP contribution in [0.2, 0.25) is 0 Å². The van der Waals surface area contributed by atoms with Gasteiger partial charge in [-0.05, 0) is 31.2 Å². The molecule has 0 saturated carbocycles. The van der Waals surface area contributed by atoms with Crippen molar-refractivity contribution in [2.75, 3.05) is 7.11 Å². The third-order valence-corrected chi connectivity index (χ3v) is 2.52. The van der Waals surface area contributed by atoms with E-state index in [2.05, 4.69) is 11.1 Å². The Morgan fingerprint density at radius 2 is 2.06 bits per heavy atom. The van der Waals surface area contributed by atoms with Crippen LogP contribution in [0.5, 0.6) is 5.75 Å². The first-order valence-electron chi connectivity index (χ1n) is 5.26. The van der Waals surface area contributed by atoms with Gasteiger partial charge in [0.05, 0.1) is 18.4 Å². The summed E-state index contributed by atoms with van der Waals surface area (Å²) < 4.78 is 5.31. The van der Waals surface area contributed by atoms with Crippen LogP contribution in [-0.4, -0.2) is 12.1 Å². The number of nitrogens with zero attached hydrogens (tertiary/aromatic N) is 2. The molecule has 0 atom stereocenters. The van der Waals surface area contributed by atoms with Crippen molar-refractivity contribution in [2.24, 2.45) is 0 Å². The second-order valence-corrected chi connectivity index (χ2v) is 3.75. The van der Waals surface area contributed by atoms with Crippen LogP contribution in [-0.2, 0) is 0 Å². The van der Waals surface area contributed by atoms with Gasteiger partial charge in [-0.3, -0.25) is 4.98 Å². The molecule has 0 amide bonds. The lowest BCUT2D eigenvalue weighted by atomic mass is 10.1. The van der Waals surface area contributed by atoms with Crippen LogP contribution in [0.15, 0.2) is 36.5 Å². The van der Waals surface area contributed by atoms with E-state index in [0.29, 0.717) is 5.56 Å². The van der Waals surface area contributed by atoms with Crippen molar-refractivity contribution in [1.29, 1.82) is 5.26 Å². The molecular weight excluding hydrogens is 212 g/mol. The summed E-state index contributed by atoms with van der Waals surface area (Å²) >= 11 is 0. The molecule has 0 spiro atoms. The molecular formula is C14H12N2O. The second-order valence-electron chi connectivity index (χ2n) is 3.75. The van der Waals surface area contributed by atoms with Crippen LogP contribution in [0.1, 0.15) is 11.1 Å². The van der Waals surface area contributed by atoms with Gasteiger partial charge in [0.2, 0.25) is 0 Å². The normalized spacial score (nSPS) is 9.71. The smallest absolute Gasteiger partial charge is 0.128 e. The molecule has 0 radical (unpaired) electrons. The Morgan fingerprint density at radius 1 is 1.24 bits per heavy atom. The van der Waals surface area contributed by atoms with E-state index < -0.39 is 0 Å². The highest BCUT2D eigenvalue weighted by molar-refractivity contribution is 5.68. The summed E-state index contributed by atoms with van der Waals surface area (Å²) in [6.45, 7) is 2.02.